The molecule has 0 atom stereocenters. The summed E-state index contributed by atoms with van der Waals surface area (Å²) in [6.07, 6.45) is 0. The number of nitrogens with zero attached hydrogens (tertiary/aromatic N) is 2. The highest BCUT2D eigenvalue weighted by molar-refractivity contribution is 7.89. The third kappa shape index (κ3) is 4.50. The largest absolute Gasteiger partial charge is 0.492 e. The number of sulfonamides is 1. The highest BCUT2D eigenvalue weighted by Crippen LogP contribution is 2.31. The Morgan fingerprint density at radius 2 is 1.50 bits per heavy atom. The smallest absolute Gasteiger partial charge is 0.246 e. The maximum atomic E-state index is 12.8. The fourth-order valence-corrected chi connectivity index (χ4v) is 5.37. The Hall–Kier alpha value is -1.31. The molecule has 0 aliphatic carbocycles. The van der Waals surface area contributed by atoms with Crippen LogP contribution in [0.25, 0.3) is 0 Å². The predicted molar refractivity (Wildman–Crippen MR) is 104 cm³/mol. The number of benzene rings is 2. The van der Waals surface area contributed by atoms with Crippen LogP contribution in [0.2, 0.25) is 10.0 Å². The molecule has 0 saturated carbocycles. The summed E-state index contributed by atoms with van der Waals surface area (Å²) in [7, 11) is -3.70. The molecule has 8 heteroatoms. The standard InChI is InChI=1S/C18H20Cl2N2O3S/c19-16-7-4-8-17(20)18(16)26(23,24)22-11-9-21(10-12-22)13-14-25-15-5-2-1-3-6-15/h1-8H,9-14H2. The van der Waals surface area contributed by atoms with Crippen LogP contribution in [-0.2, 0) is 10.0 Å². The van der Waals surface area contributed by atoms with Crippen molar-refractivity contribution >= 4 is 33.2 Å². The van der Waals surface area contributed by atoms with Crippen molar-refractivity contribution in [2.24, 2.45) is 0 Å². The van der Waals surface area contributed by atoms with Gasteiger partial charge in [-0.15, -0.1) is 0 Å². The molecule has 1 saturated heterocycles. The first-order valence-electron chi connectivity index (χ1n) is 8.33. The first-order chi connectivity index (χ1) is 12.5. The molecule has 0 amide bonds. The Bertz CT molecular complexity index is 819. The van der Waals surface area contributed by atoms with Crippen molar-refractivity contribution in [3.63, 3.8) is 0 Å². The van der Waals surface area contributed by atoms with Gasteiger partial charge < -0.3 is 4.74 Å². The van der Waals surface area contributed by atoms with Crippen LogP contribution in [0.1, 0.15) is 0 Å². The molecule has 2 aromatic rings. The lowest BCUT2D eigenvalue weighted by Gasteiger charge is -2.34. The molecule has 1 fully saturated rings. The Labute approximate surface area is 164 Å². The van der Waals surface area contributed by atoms with Gasteiger partial charge in [0.05, 0.1) is 10.0 Å². The Morgan fingerprint density at radius 1 is 0.885 bits per heavy atom. The average Bonchev–Trinajstić information content (AvgIpc) is 2.63. The quantitative estimate of drug-likeness (QED) is 0.726. The van der Waals surface area contributed by atoms with Crippen molar-refractivity contribution in [3.05, 3.63) is 58.6 Å². The van der Waals surface area contributed by atoms with Gasteiger partial charge in [0.25, 0.3) is 0 Å². The Kier molecular flexibility index (Phi) is 6.42. The number of para-hydroxylation sites is 1. The number of rotatable bonds is 6. The van der Waals surface area contributed by atoms with Crippen LogP contribution in [0.15, 0.2) is 53.4 Å². The van der Waals surface area contributed by atoms with E-state index in [-0.39, 0.29) is 14.9 Å². The molecule has 1 aliphatic rings. The minimum absolute atomic E-state index is 0.0100. The van der Waals surface area contributed by atoms with Crippen LogP contribution in [0.5, 0.6) is 5.75 Å². The van der Waals surface area contributed by atoms with Crippen LogP contribution < -0.4 is 4.74 Å². The molecule has 1 aliphatic heterocycles. The second-order valence-electron chi connectivity index (χ2n) is 5.96. The van der Waals surface area contributed by atoms with E-state index in [9.17, 15) is 8.42 Å². The average molecular weight is 415 g/mol. The van der Waals surface area contributed by atoms with Gasteiger partial charge in [-0.2, -0.15) is 4.31 Å². The van der Waals surface area contributed by atoms with Crippen LogP contribution in [-0.4, -0.2) is 57.0 Å². The van der Waals surface area contributed by atoms with E-state index in [1.807, 2.05) is 30.3 Å². The third-order valence-electron chi connectivity index (χ3n) is 4.27. The third-order valence-corrected chi connectivity index (χ3v) is 7.12. The lowest BCUT2D eigenvalue weighted by atomic mass is 10.3. The zero-order valence-corrected chi connectivity index (χ0v) is 16.5. The summed E-state index contributed by atoms with van der Waals surface area (Å²) in [6, 6.07) is 14.3. The molecule has 5 nitrogen and oxygen atoms in total. The maximum Gasteiger partial charge on any atom is 0.246 e. The number of piperazine rings is 1. The van der Waals surface area contributed by atoms with Crippen LogP contribution in [0.4, 0.5) is 0 Å². The SMILES string of the molecule is O=S(=O)(c1c(Cl)cccc1Cl)N1CCN(CCOc2ccccc2)CC1. The zero-order chi connectivity index (χ0) is 18.6. The van der Waals surface area contributed by atoms with Gasteiger partial charge in [0.1, 0.15) is 17.3 Å². The van der Waals surface area contributed by atoms with E-state index in [0.29, 0.717) is 32.8 Å². The van der Waals surface area contributed by atoms with Crippen molar-refractivity contribution < 1.29 is 13.2 Å². The van der Waals surface area contributed by atoms with E-state index < -0.39 is 10.0 Å². The molecule has 0 radical (unpaired) electrons. The lowest BCUT2D eigenvalue weighted by Crippen LogP contribution is -2.49. The van der Waals surface area contributed by atoms with Crippen molar-refractivity contribution in [1.82, 2.24) is 9.21 Å². The summed E-state index contributed by atoms with van der Waals surface area (Å²) < 4.78 is 32.8. The lowest BCUT2D eigenvalue weighted by molar-refractivity contribution is 0.159. The monoisotopic (exact) mass is 414 g/mol. The summed E-state index contributed by atoms with van der Waals surface area (Å²) in [6.45, 7) is 3.38. The van der Waals surface area contributed by atoms with Crippen LogP contribution >= 0.6 is 23.2 Å². The number of ether oxygens (including phenoxy) is 1. The second-order valence-corrected chi connectivity index (χ2v) is 8.65. The van der Waals surface area contributed by atoms with Crippen molar-refractivity contribution in [2.75, 3.05) is 39.3 Å². The first-order valence-corrected chi connectivity index (χ1v) is 10.5. The molecular weight excluding hydrogens is 395 g/mol. The van der Waals surface area contributed by atoms with Gasteiger partial charge in [0.15, 0.2) is 0 Å². The van der Waals surface area contributed by atoms with Crippen LogP contribution in [0, 0.1) is 0 Å². The molecule has 26 heavy (non-hydrogen) atoms. The molecular formula is C18H20Cl2N2O3S. The van der Waals surface area contributed by atoms with E-state index in [1.165, 1.54) is 16.4 Å². The van der Waals surface area contributed by atoms with Crippen molar-refractivity contribution in [1.29, 1.82) is 0 Å². The van der Waals surface area contributed by atoms with E-state index in [2.05, 4.69) is 4.90 Å². The highest BCUT2D eigenvalue weighted by atomic mass is 35.5. The number of halogens is 2. The fraction of sp³-hybridized carbons (Fsp3) is 0.333. The zero-order valence-electron chi connectivity index (χ0n) is 14.1. The fourth-order valence-electron chi connectivity index (χ4n) is 2.86. The number of hydrogen-bond donors (Lipinski definition) is 0. The van der Waals surface area contributed by atoms with Gasteiger partial charge in [0, 0.05) is 32.7 Å². The predicted octanol–water partition coefficient (Wildman–Crippen LogP) is 3.38. The molecule has 0 aromatic heterocycles. The number of hydrogen-bond acceptors (Lipinski definition) is 4. The minimum atomic E-state index is -3.70. The molecule has 2 aromatic carbocycles. The maximum absolute atomic E-state index is 12.8. The van der Waals surface area contributed by atoms with Gasteiger partial charge in [-0.05, 0) is 24.3 Å². The van der Waals surface area contributed by atoms with Gasteiger partial charge in [0.2, 0.25) is 10.0 Å². The Balaban J connectivity index is 1.55. The van der Waals surface area contributed by atoms with E-state index in [4.69, 9.17) is 27.9 Å². The van der Waals surface area contributed by atoms with Gasteiger partial charge >= 0.3 is 0 Å². The second kappa shape index (κ2) is 8.59. The van der Waals surface area contributed by atoms with Gasteiger partial charge in [-0.25, -0.2) is 8.42 Å². The molecule has 1 heterocycles. The molecule has 140 valence electrons. The van der Waals surface area contributed by atoms with E-state index >= 15 is 0 Å². The Morgan fingerprint density at radius 3 is 2.12 bits per heavy atom. The molecule has 0 bridgehead atoms. The summed E-state index contributed by atoms with van der Waals surface area (Å²) in [5.74, 6) is 0.835. The summed E-state index contributed by atoms with van der Waals surface area (Å²) in [5, 5.41) is 0.299. The minimum Gasteiger partial charge on any atom is -0.492 e. The molecule has 0 spiro atoms. The van der Waals surface area contributed by atoms with Crippen molar-refractivity contribution in [3.8, 4) is 5.75 Å². The normalized spacial score (nSPS) is 16.5. The highest BCUT2D eigenvalue weighted by Gasteiger charge is 2.31. The molecule has 3 rings (SSSR count). The van der Waals surface area contributed by atoms with Gasteiger partial charge in [-0.3, -0.25) is 4.90 Å². The van der Waals surface area contributed by atoms with Gasteiger partial charge in [-0.1, -0.05) is 47.5 Å². The van der Waals surface area contributed by atoms with Crippen molar-refractivity contribution in [2.45, 2.75) is 4.90 Å². The summed E-state index contributed by atoms with van der Waals surface area (Å²) >= 11 is 12.1. The van der Waals surface area contributed by atoms with E-state index in [0.717, 1.165) is 12.3 Å². The first kappa shape index (κ1) is 19.5. The summed E-state index contributed by atoms with van der Waals surface area (Å²) in [4.78, 5) is 2.17. The topological polar surface area (TPSA) is 49.9 Å². The summed E-state index contributed by atoms with van der Waals surface area (Å²) in [5.41, 5.74) is 0. The van der Waals surface area contributed by atoms with E-state index in [1.54, 1.807) is 6.07 Å². The molecule has 0 unspecified atom stereocenters. The van der Waals surface area contributed by atoms with Crippen LogP contribution in [0.3, 0.4) is 0 Å². The molecule has 0 N–H and O–H groups in total.